The number of nitrogens with zero attached hydrogens (tertiary/aromatic N) is 2. The molecule has 2 heterocycles. The Bertz CT molecular complexity index is 853. The summed E-state index contributed by atoms with van der Waals surface area (Å²) in [6, 6.07) is 16.2. The van der Waals surface area contributed by atoms with Gasteiger partial charge in [0.2, 0.25) is 0 Å². The van der Waals surface area contributed by atoms with Crippen molar-refractivity contribution >= 4 is 5.91 Å². The van der Waals surface area contributed by atoms with Crippen LogP contribution in [0.1, 0.15) is 29.5 Å². The van der Waals surface area contributed by atoms with Gasteiger partial charge in [0, 0.05) is 32.7 Å². The van der Waals surface area contributed by atoms with Crippen molar-refractivity contribution in [2.75, 3.05) is 26.7 Å². The van der Waals surface area contributed by atoms with Crippen molar-refractivity contribution < 1.29 is 14.6 Å². The first kappa shape index (κ1) is 19.0. The standard InChI is InChI=1S/C23H28N2O3/c1-28-21-9-4-6-18(14-21)15-25-12-5-11-23(27,22(25)26)17-24-13-10-19-7-2-3-8-20(19)16-24/h2-4,6-9,14,27H,5,10-13,15-17H2,1H3. The lowest BCUT2D eigenvalue weighted by Crippen LogP contribution is -2.58. The van der Waals surface area contributed by atoms with E-state index >= 15 is 0 Å². The Balaban J connectivity index is 1.44. The van der Waals surface area contributed by atoms with Crippen LogP contribution < -0.4 is 4.74 Å². The molecule has 1 N–H and O–H groups in total. The van der Waals surface area contributed by atoms with E-state index in [4.69, 9.17) is 4.74 Å². The van der Waals surface area contributed by atoms with Crippen molar-refractivity contribution in [1.29, 1.82) is 0 Å². The highest BCUT2D eigenvalue weighted by atomic mass is 16.5. The quantitative estimate of drug-likeness (QED) is 0.866. The summed E-state index contributed by atoms with van der Waals surface area (Å²) in [4.78, 5) is 17.1. The number of rotatable bonds is 5. The Morgan fingerprint density at radius 3 is 2.75 bits per heavy atom. The van der Waals surface area contributed by atoms with E-state index in [1.54, 1.807) is 12.0 Å². The second-order valence-electron chi connectivity index (χ2n) is 7.94. The van der Waals surface area contributed by atoms with E-state index < -0.39 is 5.60 Å². The van der Waals surface area contributed by atoms with E-state index in [1.165, 1.54) is 11.1 Å². The Morgan fingerprint density at radius 2 is 1.93 bits per heavy atom. The van der Waals surface area contributed by atoms with Crippen LogP contribution in [0, 0.1) is 0 Å². The van der Waals surface area contributed by atoms with Crippen LogP contribution >= 0.6 is 0 Å². The number of likely N-dealkylation sites (tertiary alicyclic amines) is 1. The van der Waals surface area contributed by atoms with Crippen LogP contribution in [0.5, 0.6) is 5.75 Å². The average Bonchev–Trinajstić information content (AvgIpc) is 2.71. The number of fused-ring (bicyclic) bond motifs is 1. The number of hydrogen-bond acceptors (Lipinski definition) is 4. The van der Waals surface area contributed by atoms with Crippen molar-refractivity contribution in [2.45, 2.75) is 38.0 Å². The molecule has 2 aromatic carbocycles. The van der Waals surface area contributed by atoms with Gasteiger partial charge >= 0.3 is 0 Å². The maximum absolute atomic E-state index is 13.1. The molecule has 0 saturated carbocycles. The van der Waals surface area contributed by atoms with Crippen molar-refractivity contribution in [2.24, 2.45) is 0 Å². The Labute approximate surface area is 166 Å². The lowest BCUT2D eigenvalue weighted by Gasteiger charge is -2.42. The third kappa shape index (κ3) is 3.91. The van der Waals surface area contributed by atoms with Gasteiger partial charge in [0.1, 0.15) is 5.75 Å². The second kappa shape index (κ2) is 7.94. The van der Waals surface area contributed by atoms with Gasteiger partial charge in [0.15, 0.2) is 5.60 Å². The normalized spacial score (nSPS) is 22.8. The summed E-state index contributed by atoms with van der Waals surface area (Å²) in [5.41, 5.74) is 2.39. The molecule has 0 spiro atoms. The fourth-order valence-corrected chi connectivity index (χ4v) is 4.41. The smallest absolute Gasteiger partial charge is 0.256 e. The number of carbonyl (C=O) groups excluding carboxylic acids is 1. The van der Waals surface area contributed by atoms with E-state index in [0.29, 0.717) is 26.1 Å². The molecule has 0 aromatic heterocycles. The monoisotopic (exact) mass is 380 g/mol. The first-order valence-electron chi connectivity index (χ1n) is 10.0. The summed E-state index contributed by atoms with van der Waals surface area (Å²) in [7, 11) is 1.64. The minimum Gasteiger partial charge on any atom is -0.497 e. The number of carbonyl (C=O) groups is 1. The third-order valence-electron chi connectivity index (χ3n) is 5.91. The summed E-state index contributed by atoms with van der Waals surface area (Å²) >= 11 is 0. The molecule has 1 fully saturated rings. The highest BCUT2D eigenvalue weighted by molar-refractivity contribution is 5.86. The zero-order chi connectivity index (χ0) is 19.6. The van der Waals surface area contributed by atoms with Crippen LogP contribution in [0.15, 0.2) is 48.5 Å². The molecule has 28 heavy (non-hydrogen) atoms. The predicted molar refractivity (Wildman–Crippen MR) is 108 cm³/mol. The highest BCUT2D eigenvalue weighted by Crippen LogP contribution is 2.28. The number of methoxy groups -OCH3 is 1. The third-order valence-corrected chi connectivity index (χ3v) is 5.91. The predicted octanol–water partition coefficient (Wildman–Crippen LogP) is 2.61. The Morgan fingerprint density at radius 1 is 1.11 bits per heavy atom. The molecular formula is C23H28N2O3. The molecule has 0 aliphatic carbocycles. The largest absolute Gasteiger partial charge is 0.497 e. The van der Waals surface area contributed by atoms with Gasteiger partial charge in [0.25, 0.3) is 5.91 Å². The molecule has 4 rings (SSSR count). The van der Waals surface area contributed by atoms with Crippen LogP contribution in [0.2, 0.25) is 0 Å². The van der Waals surface area contributed by atoms with E-state index in [1.807, 2.05) is 24.3 Å². The molecule has 2 aromatic rings. The number of piperidine rings is 1. The average molecular weight is 380 g/mol. The van der Waals surface area contributed by atoms with Crippen LogP contribution in [-0.4, -0.2) is 53.2 Å². The summed E-state index contributed by atoms with van der Waals surface area (Å²) < 4.78 is 5.28. The number of ether oxygens (including phenoxy) is 1. The molecule has 5 heteroatoms. The van der Waals surface area contributed by atoms with E-state index in [9.17, 15) is 9.90 Å². The molecular weight excluding hydrogens is 352 g/mol. The summed E-state index contributed by atoms with van der Waals surface area (Å²) in [5.74, 6) is 0.629. The van der Waals surface area contributed by atoms with Crippen LogP contribution in [0.25, 0.3) is 0 Å². The van der Waals surface area contributed by atoms with Crippen LogP contribution in [0.4, 0.5) is 0 Å². The number of amides is 1. The number of aliphatic hydroxyl groups is 1. The van der Waals surface area contributed by atoms with E-state index in [2.05, 4.69) is 29.2 Å². The van der Waals surface area contributed by atoms with Gasteiger partial charge in [-0.15, -0.1) is 0 Å². The van der Waals surface area contributed by atoms with Crippen molar-refractivity contribution in [3.05, 3.63) is 65.2 Å². The molecule has 0 radical (unpaired) electrons. The summed E-state index contributed by atoms with van der Waals surface area (Å²) in [5, 5.41) is 11.2. The molecule has 1 unspecified atom stereocenters. The van der Waals surface area contributed by atoms with Gasteiger partial charge in [-0.1, -0.05) is 36.4 Å². The number of hydrogen-bond donors (Lipinski definition) is 1. The summed E-state index contributed by atoms with van der Waals surface area (Å²) in [6.07, 6.45) is 2.31. The number of benzene rings is 2. The second-order valence-corrected chi connectivity index (χ2v) is 7.94. The van der Waals surface area contributed by atoms with Gasteiger partial charge in [-0.2, -0.15) is 0 Å². The van der Waals surface area contributed by atoms with Gasteiger partial charge in [-0.3, -0.25) is 9.69 Å². The number of β-amino-alcohol motifs (C(OH)–C–C–N with tert-alkyl or cyclic N) is 1. The minimum atomic E-state index is -1.30. The molecule has 1 atom stereocenters. The van der Waals surface area contributed by atoms with Gasteiger partial charge in [-0.05, 0) is 48.1 Å². The SMILES string of the molecule is COc1cccc(CN2CCCC(O)(CN3CCc4ccccc4C3)C2=O)c1. The molecule has 2 aliphatic heterocycles. The first-order chi connectivity index (χ1) is 13.6. The first-order valence-corrected chi connectivity index (χ1v) is 10.0. The van der Waals surface area contributed by atoms with E-state index in [-0.39, 0.29) is 5.91 Å². The fourth-order valence-electron chi connectivity index (χ4n) is 4.41. The minimum absolute atomic E-state index is 0.152. The van der Waals surface area contributed by atoms with Crippen molar-refractivity contribution in [1.82, 2.24) is 9.80 Å². The fraction of sp³-hybridized carbons (Fsp3) is 0.435. The maximum atomic E-state index is 13.1. The van der Waals surface area contributed by atoms with Crippen molar-refractivity contribution in [3.63, 3.8) is 0 Å². The van der Waals surface area contributed by atoms with Crippen molar-refractivity contribution in [3.8, 4) is 5.75 Å². The summed E-state index contributed by atoms with van der Waals surface area (Å²) in [6.45, 7) is 3.25. The molecule has 1 saturated heterocycles. The molecule has 0 bridgehead atoms. The van der Waals surface area contributed by atoms with Gasteiger partial charge in [0.05, 0.1) is 7.11 Å². The molecule has 5 nitrogen and oxygen atoms in total. The Hall–Kier alpha value is -2.37. The topological polar surface area (TPSA) is 53.0 Å². The molecule has 1 amide bonds. The Kier molecular flexibility index (Phi) is 5.38. The van der Waals surface area contributed by atoms with E-state index in [0.717, 1.165) is 37.2 Å². The van der Waals surface area contributed by atoms with Crippen LogP contribution in [-0.2, 0) is 24.3 Å². The molecule has 2 aliphatic rings. The maximum Gasteiger partial charge on any atom is 0.256 e. The zero-order valence-corrected chi connectivity index (χ0v) is 16.4. The zero-order valence-electron chi connectivity index (χ0n) is 16.4. The van der Waals surface area contributed by atoms with Gasteiger partial charge < -0.3 is 14.7 Å². The lowest BCUT2D eigenvalue weighted by molar-refractivity contribution is -0.160. The molecule has 148 valence electrons. The van der Waals surface area contributed by atoms with Crippen LogP contribution in [0.3, 0.4) is 0 Å². The highest BCUT2D eigenvalue weighted by Gasteiger charge is 2.43. The lowest BCUT2D eigenvalue weighted by atomic mass is 9.89. The van der Waals surface area contributed by atoms with Gasteiger partial charge in [-0.25, -0.2) is 0 Å².